The molecular formula is C17H18N6O2. The second-order valence-electron chi connectivity index (χ2n) is 5.62. The Balaban J connectivity index is 1.57. The van der Waals surface area contributed by atoms with Gasteiger partial charge < -0.3 is 10.6 Å². The summed E-state index contributed by atoms with van der Waals surface area (Å²) in [6.07, 6.45) is 0. The maximum absolute atomic E-state index is 12.0. The van der Waals surface area contributed by atoms with Crippen LogP contribution >= 0.6 is 0 Å². The molecule has 0 spiro atoms. The van der Waals surface area contributed by atoms with Crippen LogP contribution in [0.1, 0.15) is 27.6 Å². The standard InChI is InChI=1S/C17H18N6O2/c1-11-8-12(2)23-14(21-22-17(23)20-11)9-18-15(24)10-19-16(25)13-6-4-3-5-7-13/h3-8H,9-10H2,1-2H3,(H,18,24)(H,19,25). The van der Waals surface area contributed by atoms with Crippen LogP contribution in [0.15, 0.2) is 36.4 Å². The topological polar surface area (TPSA) is 101 Å². The number of nitrogens with zero attached hydrogens (tertiary/aromatic N) is 4. The van der Waals surface area contributed by atoms with Gasteiger partial charge in [-0.25, -0.2) is 4.98 Å². The predicted molar refractivity (Wildman–Crippen MR) is 90.9 cm³/mol. The number of aromatic nitrogens is 4. The van der Waals surface area contributed by atoms with E-state index < -0.39 is 0 Å². The summed E-state index contributed by atoms with van der Waals surface area (Å²) < 4.78 is 1.79. The third kappa shape index (κ3) is 3.79. The molecule has 0 aliphatic rings. The van der Waals surface area contributed by atoms with Crippen LogP contribution in [0.2, 0.25) is 0 Å². The molecule has 3 aromatic rings. The average Bonchev–Trinajstić information content (AvgIpc) is 3.01. The Morgan fingerprint density at radius 3 is 2.60 bits per heavy atom. The molecule has 8 heteroatoms. The molecule has 3 rings (SSSR count). The minimum absolute atomic E-state index is 0.110. The van der Waals surface area contributed by atoms with E-state index in [4.69, 9.17) is 0 Å². The molecular weight excluding hydrogens is 320 g/mol. The molecule has 0 radical (unpaired) electrons. The number of carbonyl (C=O) groups is 2. The highest BCUT2D eigenvalue weighted by Gasteiger charge is 2.12. The van der Waals surface area contributed by atoms with E-state index in [1.54, 1.807) is 28.7 Å². The number of hydrogen-bond donors (Lipinski definition) is 2. The van der Waals surface area contributed by atoms with E-state index in [2.05, 4.69) is 25.8 Å². The first-order chi connectivity index (χ1) is 12.0. The van der Waals surface area contributed by atoms with Gasteiger partial charge in [0.15, 0.2) is 5.82 Å². The molecule has 0 aliphatic heterocycles. The van der Waals surface area contributed by atoms with Gasteiger partial charge in [-0.3, -0.25) is 14.0 Å². The first kappa shape index (κ1) is 16.6. The summed E-state index contributed by atoms with van der Waals surface area (Å²) in [5.74, 6) is 0.486. The van der Waals surface area contributed by atoms with E-state index in [-0.39, 0.29) is 24.9 Å². The Kier molecular flexibility index (Phi) is 4.69. The van der Waals surface area contributed by atoms with Crippen LogP contribution in [-0.4, -0.2) is 37.9 Å². The van der Waals surface area contributed by atoms with Gasteiger partial charge >= 0.3 is 0 Å². The molecule has 0 aliphatic carbocycles. The Morgan fingerprint density at radius 2 is 1.84 bits per heavy atom. The predicted octanol–water partition coefficient (Wildman–Crippen LogP) is 0.787. The smallest absolute Gasteiger partial charge is 0.255 e. The van der Waals surface area contributed by atoms with E-state index in [1.165, 1.54) is 0 Å². The van der Waals surface area contributed by atoms with Crippen LogP contribution in [0.25, 0.3) is 5.78 Å². The normalized spacial score (nSPS) is 10.6. The van der Waals surface area contributed by atoms with Gasteiger partial charge in [-0.15, -0.1) is 10.2 Å². The highest BCUT2D eigenvalue weighted by Crippen LogP contribution is 2.07. The molecule has 0 saturated carbocycles. The van der Waals surface area contributed by atoms with E-state index in [1.807, 2.05) is 26.0 Å². The molecule has 2 amide bonds. The fourth-order valence-electron chi connectivity index (χ4n) is 2.50. The molecule has 0 bridgehead atoms. The van der Waals surface area contributed by atoms with Crippen molar-refractivity contribution in [2.24, 2.45) is 0 Å². The third-order valence-electron chi connectivity index (χ3n) is 3.65. The van der Waals surface area contributed by atoms with Crippen molar-refractivity contribution in [2.75, 3.05) is 6.54 Å². The molecule has 2 heterocycles. The van der Waals surface area contributed by atoms with Crippen LogP contribution in [0.3, 0.4) is 0 Å². The second kappa shape index (κ2) is 7.08. The van der Waals surface area contributed by atoms with Crippen LogP contribution < -0.4 is 10.6 Å². The molecule has 8 nitrogen and oxygen atoms in total. The molecule has 128 valence electrons. The number of amides is 2. The quantitative estimate of drug-likeness (QED) is 0.716. The van der Waals surface area contributed by atoms with Gasteiger partial charge in [0.25, 0.3) is 11.7 Å². The van der Waals surface area contributed by atoms with Gasteiger partial charge in [-0.1, -0.05) is 18.2 Å². The summed E-state index contributed by atoms with van der Waals surface area (Å²) in [5.41, 5.74) is 2.31. The summed E-state index contributed by atoms with van der Waals surface area (Å²) in [5, 5.41) is 13.4. The fourth-order valence-corrected chi connectivity index (χ4v) is 2.50. The summed E-state index contributed by atoms with van der Waals surface area (Å²) in [7, 11) is 0. The average molecular weight is 338 g/mol. The van der Waals surface area contributed by atoms with Crippen molar-refractivity contribution >= 4 is 17.6 Å². The minimum Gasteiger partial charge on any atom is -0.347 e. The lowest BCUT2D eigenvalue weighted by Gasteiger charge is -2.07. The number of nitrogens with one attached hydrogen (secondary N) is 2. The maximum Gasteiger partial charge on any atom is 0.255 e. The minimum atomic E-state index is -0.307. The first-order valence-corrected chi connectivity index (χ1v) is 7.83. The van der Waals surface area contributed by atoms with Crippen molar-refractivity contribution in [3.8, 4) is 0 Å². The molecule has 0 atom stereocenters. The monoisotopic (exact) mass is 338 g/mol. The second-order valence-corrected chi connectivity index (χ2v) is 5.62. The van der Waals surface area contributed by atoms with Crippen molar-refractivity contribution in [2.45, 2.75) is 20.4 Å². The third-order valence-corrected chi connectivity index (χ3v) is 3.65. The van der Waals surface area contributed by atoms with E-state index in [0.29, 0.717) is 17.2 Å². The van der Waals surface area contributed by atoms with Gasteiger partial charge in [0.05, 0.1) is 13.1 Å². The largest absolute Gasteiger partial charge is 0.347 e. The zero-order chi connectivity index (χ0) is 17.8. The lowest BCUT2D eigenvalue weighted by molar-refractivity contribution is -0.120. The Morgan fingerprint density at radius 1 is 1.08 bits per heavy atom. The summed E-state index contributed by atoms with van der Waals surface area (Å²) in [4.78, 5) is 28.2. The van der Waals surface area contributed by atoms with Crippen molar-refractivity contribution < 1.29 is 9.59 Å². The number of fused-ring (bicyclic) bond motifs is 1. The highest BCUT2D eigenvalue weighted by atomic mass is 16.2. The molecule has 0 saturated heterocycles. The number of aryl methyl sites for hydroxylation is 2. The Bertz CT molecular complexity index is 920. The molecule has 2 aromatic heterocycles. The first-order valence-electron chi connectivity index (χ1n) is 7.83. The van der Waals surface area contributed by atoms with Crippen LogP contribution in [0.5, 0.6) is 0 Å². The Hall–Kier alpha value is -3.29. The van der Waals surface area contributed by atoms with Crippen molar-refractivity contribution in [3.63, 3.8) is 0 Å². The summed E-state index contributed by atoms with van der Waals surface area (Å²) in [6, 6.07) is 10.7. The number of rotatable bonds is 5. The number of benzene rings is 1. The van der Waals surface area contributed by atoms with Crippen LogP contribution in [0, 0.1) is 13.8 Å². The SMILES string of the molecule is Cc1cc(C)n2c(CNC(=O)CNC(=O)c3ccccc3)nnc2n1. The number of carbonyl (C=O) groups excluding carboxylic acids is 2. The Labute approximate surface area is 144 Å². The molecule has 0 fully saturated rings. The lowest BCUT2D eigenvalue weighted by Crippen LogP contribution is -2.36. The number of hydrogen-bond acceptors (Lipinski definition) is 5. The molecule has 2 N–H and O–H groups in total. The van der Waals surface area contributed by atoms with E-state index in [9.17, 15) is 9.59 Å². The zero-order valence-electron chi connectivity index (χ0n) is 14.0. The highest BCUT2D eigenvalue weighted by molar-refractivity contribution is 5.96. The molecule has 1 aromatic carbocycles. The van der Waals surface area contributed by atoms with Gasteiger partial charge in [0.2, 0.25) is 5.91 Å². The van der Waals surface area contributed by atoms with Gasteiger partial charge in [0.1, 0.15) is 0 Å². The summed E-state index contributed by atoms with van der Waals surface area (Å²) in [6.45, 7) is 3.91. The van der Waals surface area contributed by atoms with Gasteiger partial charge in [-0.05, 0) is 32.0 Å². The summed E-state index contributed by atoms with van der Waals surface area (Å²) >= 11 is 0. The zero-order valence-corrected chi connectivity index (χ0v) is 14.0. The fraction of sp³-hybridized carbons (Fsp3) is 0.235. The molecule has 0 unspecified atom stereocenters. The van der Waals surface area contributed by atoms with Crippen LogP contribution in [-0.2, 0) is 11.3 Å². The van der Waals surface area contributed by atoms with Crippen molar-refractivity contribution in [1.82, 2.24) is 30.2 Å². The lowest BCUT2D eigenvalue weighted by atomic mass is 10.2. The van der Waals surface area contributed by atoms with E-state index in [0.717, 1.165) is 11.4 Å². The maximum atomic E-state index is 12.0. The van der Waals surface area contributed by atoms with Gasteiger partial charge in [-0.2, -0.15) is 0 Å². The van der Waals surface area contributed by atoms with Crippen LogP contribution in [0.4, 0.5) is 0 Å². The van der Waals surface area contributed by atoms with E-state index >= 15 is 0 Å². The van der Waals surface area contributed by atoms with Crippen molar-refractivity contribution in [1.29, 1.82) is 0 Å². The van der Waals surface area contributed by atoms with Gasteiger partial charge in [0, 0.05) is 17.0 Å². The molecule has 25 heavy (non-hydrogen) atoms. The van der Waals surface area contributed by atoms with Crippen molar-refractivity contribution in [3.05, 3.63) is 59.2 Å².